The van der Waals surface area contributed by atoms with Gasteiger partial charge in [-0.15, -0.1) is 11.8 Å². The molecule has 0 spiro atoms. The number of anilines is 1. The van der Waals surface area contributed by atoms with Gasteiger partial charge in [0.05, 0.1) is 23.1 Å². The van der Waals surface area contributed by atoms with Crippen molar-refractivity contribution in [3.8, 4) is 5.75 Å². The van der Waals surface area contributed by atoms with E-state index in [-0.39, 0.29) is 5.91 Å². The minimum absolute atomic E-state index is 0.0874. The smallest absolute Gasteiger partial charge is 0.239 e. The summed E-state index contributed by atoms with van der Waals surface area (Å²) in [6.45, 7) is 3.75. The summed E-state index contributed by atoms with van der Waals surface area (Å²) in [7, 11) is 5.75. The highest BCUT2D eigenvalue weighted by Crippen LogP contribution is 2.31. The molecule has 2 aromatic carbocycles. The number of amides is 1. The predicted molar refractivity (Wildman–Crippen MR) is 128 cm³/mol. The van der Waals surface area contributed by atoms with Gasteiger partial charge in [-0.05, 0) is 75.4 Å². The quantitative estimate of drug-likeness (QED) is 0.415. The summed E-state index contributed by atoms with van der Waals surface area (Å²) in [6.07, 6.45) is 1.90. The van der Waals surface area contributed by atoms with Crippen LogP contribution >= 0.6 is 23.1 Å². The molecule has 1 aromatic heterocycles. The number of methoxy groups -OCH3 is 1. The van der Waals surface area contributed by atoms with Crippen molar-refractivity contribution in [1.82, 2.24) is 9.88 Å². The number of benzene rings is 2. The Balaban J connectivity index is 1.75. The third kappa shape index (κ3) is 5.97. The Morgan fingerprint density at radius 2 is 1.90 bits per heavy atom. The fourth-order valence-corrected chi connectivity index (χ4v) is 4.91. The molecule has 160 valence electrons. The summed E-state index contributed by atoms with van der Waals surface area (Å²) < 4.78 is 6.34. The number of thiazole rings is 1. The van der Waals surface area contributed by atoms with Crippen LogP contribution in [-0.2, 0) is 11.2 Å². The van der Waals surface area contributed by atoms with E-state index in [0.29, 0.717) is 12.3 Å². The number of hydrogen-bond acceptors (Lipinski definition) is 6. The van der Waals surface area contributed by atoms with Crippen LogP contribution in [0.15, 0.2) is 47.4 Å². The second-order valence-electron chi connectivity index (χ2n) is 7.32. The summed E-state index contributed by atoms with van der Waals surface area (Å²) in [5.74, 6) is 1.28. The monoisotopic (exact) mass is 443 g/mol. The third-order valence-corrected chi connectivity index (χ3v) is 6.83. The van der Waals surface area contributed by atoms with E-state index in [0.717, 1.165) is 45.4 Å². The molecule has 7 heteroatoms. The van der Waals surface area contributed by atoms with Crippen LogP contribution in [0.1, 0.15) is 18.9 Å². The van der Waals surface area contributed by atoms with Gasteiger partial charge in [0.25, 0.3) is 0 Å². The predicted octanol–water partition coefficient (Wildman–Crippen LogP) is 4.94. The summed E-state index contributed by atoms with van der Waals surface area (Å²) >= 11 is 3.15. The Labute approximate surface area is 187 Å². The van der Waals surface area contributed by atoms with Gasteiger partial charge in [-0.1, -0.05) is 24.3 Å². The Morgan fingerprint density at radius 1 is 1.13 bits per heavy atom. The summed E-state index contributed by atoms with van der Waals surface area (Å²) in [5, 5.41) is 0.789. The van der Waals surface area contributed by atoms with Crippen molar-refractivity contribution in [3.63, 3.8) is 0 Å². The van der Waals surface area contributed by atoms with Gasteiger partial charge in [0.15, 0.2) is 5.13 Å². The lowest BCUT2D eigenvalue weighted by atomic mass is 10.2. The summed E-state index contributed by atoms with van der Waals surface area (Å²) in [5.41, 5.74) is 2.25. The lowest BCUT2D eigenvalue weighted by Gasteiger charge is -2.21. The zero-order valence-electron chi connectivity index (χ0n) is 18.1. The number of carbonyl (C=O) groups excluding carboxylic acids is 1. The van der Waals surface area contributed by atoms with Gasteiger partial charge in [0.1, 0.15) is 5.75 Å². The number of aryl methyl sites for hydroxylation is 1. The van der Waals surface area contributed by atoms with Crippen LogP contribution in [0, 0.1) is 0 Å². The molecule has 0 N–H and O–H groups in total. The molecule has 0 unspecified atom stereocenters. The average molecular weight is 444 g/mol. The van der Waals surface area contributed by atoms with E-state index >= 15 is 0 Å². The fraction of sp³-hybridized carbons (Fsp3) is 0.391. The molecular weight excluding hydrogens is 414 g/mol. The topological polar surface area (TPSA) is 45.7 Å². The number of ether oxygens (including phenoxy) is 1. The number of fused-ring (bicyclic) bond motifs is 1. The van der Waals surface area contributed by atoms with Gasteiger partial charge in [0, 0.05) is 11.4 Å². The molecule has 5 nitrogen and oxygen atoms in total. The number of rotatable bonds is 10. The Kier molecular flexibility index (Phi) is 8.13. The van der Waals surface area contributed by atoms with E-state index in [1.54, 1.807) is 30.2 Å². The van der Waals surface area contributed by atoms with Crippen molar-refractivity contribution in [3.05, 3.63) is 48.0 Å². The average Bonchev–Trinajstić information content (AvgIpc) is 3.17. The van der Waals surface area contributed by atoms with Crippen molar-refractivity contribution >= 4 is 44.4 Å². The molecule has 30 heavy (non-hydrogen) atoms. The van der Waals surface area contributed by atoms with Gasteiger partial charge in [0.2, 0.25) is 5.91 Å². The molecule has 0 fully saturated rings. The van der Waals surface area contributed by atoms with Crippen molar-refractivity contribution in [2.24, 2.45) is 0 Å². The van der Waals surface area contributed by atoms with Crippen molar-refractivity contribution in [1.29, 1.82) is 0 Å². The zero-order chi connectivity index (χ0) is 21.5. The molecular formula is C23H29N3O2S2. The largest absolute Gasteiger partial charge is 0.497 e. The first-order valence-electron chi connectivity index (χ1n) is 10.1. The van der Waals surface area contributed by atoms with Crippen LogP contribution in [0.3, 0.4) is 0 Å². The Hall–Kier alpha value is -2.09. The third-order valence-electron chi connectivity index (χ3n) is 4.79. The zero-order valence-corrected chi connectivity index (χ0v) is 19.7. The molecule has 3 aromatic rings. The van der Waals surface area contributed by atoms with Gasteiger partial charge >= 0.3 is 0 Å². The maximum atomic E-state index is 13.1. The molecule has 0 aliphatic rings. The van der Waals surface area contributed by atoms with Crippen molar-refractivity contribution < 1.29 is 9.53 Å². The number of hydrogen-bond donors (Lipinski definition) is 0. The van der Waals surface area contributed by atoms with E-state index in [9.17, 15) is 4.79 Å². The lowest BCUT2D eigenvalue weighted by molar-refractivity contribution is -0.116. The first-order chi connectivity index (χ1) is 14.5. The van der Waals surface area contributed by atoms with Crippen LogP contribution in [-0.4, -0.2) is 55.8 Å². The van der Waals surface area contributed by atoms with E-state index in [4.69, 9.17) is 9.72 Å². The van der Waals surface area contributed by atoms with Crippen molar-refractivity contribution in [2.45, 2.75) is 24.7 Å². The highest BCUT2D eigenvalue weighted by atomic mass is 32.2. The number of carbonyl (C=O) groups is 1. The Bertz CT molecular complexity index is 970. The molecule has 3 rings (SSSR count). The van der Waals surface area contributed by atoms with Gasteiger partial charge < -0.3 is 9.64 Å². The van der Waals surface area contributed by atoms with E-state index in [2.05, 4.69) is 44.1 Å². The summed E-state index contributed by atoms with van der Waals surface area (Å²) in [6, 6.07) is 14.2. The lowest BCUT2D eigenvalue weighted by Crippen LogP contribution is -2.34. The highest BCUT2D eigenvalue weighted by molar-refractivity contribution is 8.00. The van der Waals surface area contributed by atoms with E-state index in [1.807, 2.05) is 29.2 Å². The van der Waals surface area contributed by atoms with Crippen molar-refractivity contribution in [2.75, 3.05) is 44.9 Å². The molecule has 0 atom stereocenters. The van der Waals surface area contributed by atoms with Crippen LogP contribution in [0.25, 0.3) is 10.2 Å². The summed E-state index contributed by atoms with van der Waals surface area (Å²) in [4.78, 5) is 23.0. The highest BCUT2D eigenvalue weighted by Gasteiger charge is 2.20. The molecule has 0 saturated carbocycles. The van der Waals surface area contributed by atoms with Gasteiger partial charge in [-0.25, -0.2) is 4.98 Å². The minimum Gasteiger partial charge on any atom is -0.497 e. The minimum atomic E-state index is 0.0874. The number of aromatic nitrogens is 1. The standard InChI is InChI=1S/C23H29N3O2S2/c1-5-17-7-12-20-21(15-17)30-23(24-20)26(14-6-13-25(2)3)22(27)16-29-19-10-8-18(28-4)9-11-19/h7-12,15H,5-6,13-14,16H2,1-4H3. The van der Waals surface area contributed by atoms with Crippen LogP contribution in [0.5, 0.6) is 5.75 Å². The van der Waals surface area contributed by atoms with Crippen LogP contribution < -0.4 is 9.64 Å². The molecule has 1 amide bonds. The maximum absolute atomic E-state index is 13.1. The molecule has 0 bridgehead atoms. The maximum Gasteiger partial charge on any atom is 0.239 e. The molecule has 1 heterocycles. The first kappa shape index (κ1) is 22.6. The molecule has 0 aliphatic carbocycles. The second-order valence-corrected chi connectivity index (χ2v) is 9.38. The van der Waals surface area contributed by atoms with E-state index < -0.39 is 0 Å². The fourth-order valence-electron chi connectivity index (χ4n) is 3.06. The van der Waals surface area contributed by atoms with Crippen LogP contribution in [0.2, 0.25) is 0 Å². The molecule has 0 aliphatic heterocycles. The number of thioether (sulfide) groups is 1. The van der Waals surface area contributed by atoms with Crippen LogP contribution in [0.4, 0.5) is 5.13 Å². The second kappa shape index (κ2) is 10.8. The number of nitrogens with zero attached hydrogens (tertiary/aromatic N) is 3. The Morgan fingerprint density at radius 3 is 2.57 bits per heavy atom. The van der Waals surface area contributed by atoms with E-state index in [1.165, 1.54) is 5.56 Å². The SMILES string of the molecule is CCc1ccc2nc(N(CCCN(C)C)C(=O)CSc3ccc(OC)cc3)sc2c1. The van der Waals surface area contributed by atoms with Gasteiger partial charge in [-0.3, -0.25) is 9.69 Å². The molecule has 0 radical (unpaired) electrons. The normalized spacial score (nSPS) is 11.2. The molecule has 0 saturated heterocycles. The van der Waals surface area contributed by atoms with Gasteiger partial charge in [-0.2, -0.15) is 0 Å². The first-order valence-corrected chi connectivity index (χ1v) is 11.9.